The van der Waals surface area contributed by atoms with Crippen molar-refractivity contribution in [3.63, 3.8) is 0 Å². The summed E-state index contributed by atoms with van der Waals surface area (Å²) < 4.78 is 68.1. The number of ether oxygens (including phenoxy) is 4. The Morgan fingerprint density at radius 2 is 0.545 bits per heavy atom. The maximum absolute atomic E-state index is 13.0. The molecule has 0 heterocycles. The van der Waals surface area contributed by atoms with Gasteiger partial charge in [0.1, 0.15) is 19.3 Å². The van der Waals surface area contributed by atoms with E-state index in [9.17, 15) is 43.2 Å². The first-order valence-electron chi connectivity index (χ1n) is 36.2. The van der Waals surface area contributed by atoms with Crippen molar-refractivity contribution in [2.24, 2.45) is 5.92 Å². The van der Waals surface area contributed by atoms with Gasteiger partial charge in [-0.05, 0) is 31.6 Å². The van der Waals surface area contributed by atoms with Gasteiger partial charge in [-0.2, -0.15) is 0 Å². The van der Waals surface area contributed by atoms with Gasteiger partial charge in [-0.15, -0.1) is 0 Å². The zero-order valence-corrected chi connectivity index (χ0v) is 58.6. The Kier molecular flexibility index (Phi) is 61.1. The van der Waals surface area contributed by atoms with Crippen molar-refractivity contribution in [2.45, 2.75) is 374 Å². The maximum Gasteiger partial charge on any atom is 0.472 e. The van der Waals surface area contributed by atoms with Gasteiger partial charge in [0.15, 0.2) is 12.2 Å². The molecule has 0 aliphatic rings. The normalized spacial score (nSPS) is 14.4. The lowest BCUT2D eigenvalue weighted by molar-refractivity contribution is -0.161. The molecule has 88 heavy (non-hydrogen) atoms. The fourth-order valence-corrected chi connectivity index (χ4v) is 12.0. The number of esters is 4. The first kappa shape index (κ1) is 86.1. The van der Waals surface area contributed by atoms with E-state index >= 15 is 0 Å². The van der Waals surface area contributed by atoms with Gasteiger partial charge in [0.2, 0.25) is 0 Å². The average molecular weight is 1300 g/mol. The second kappa shape index (κ2) is 62.5. The number of phosphoric acid groups is 2. The van der Waals surface area contributed by atoms with Crippen LogP contribution in [0, 0.1) is 5.92 Å². The molecule has 6 atom stereocenters. The van der Waals surface area contributed by atoms with Crippen LogP contribution in [0.5, 0.6) is 0 Å². The van der Waals surface area contributed by atoms with E-state index in [-0.39, 0.29) is 25.7 Å². The summed E-state index contributed by atoms with van der Waals surface area (Å²) in [5.74, 6) is -1.32. The molecule has 0 bridgehead atoms. The monoisotopic (exact) mass is 1300 g/mol. The number of aliphatic hydroxyl groups excluding tert-OH is 1. The molecular weight excluding hydrogens is 1160 g/mol. The second-order valence-electron chi connectivity index (χ2n) is 25.2. The smallest absolute Gasteiger partial charge is 0.462 e. The van der Waals surface area contributed by atoms with Crippen LogP contribution in [0.2, 0.25) is 0 Å². The van der Waals surface area contributed by atoms with Crippen molar-refractivity contribution >= 4 is 39.5 Å². The highest BCUT2D eigenvalue weighted by atomic mass is 31.2. The van der Waals surface area contributed by atoms with Crippen LogP contribution in [0.4, 0.5) is 0 Å². The lowest BCUT2D eigenvalue weighted by atomic mass is 9.99. The molecular formula is C69H134O17P2. The Morgan fingerprint density at radius 3 is 0.807 bits per heavy atom. The number of rotatable bonds is 69. The number of phosphoric ester groups is 2. The van der Waals surface area contributed by atoms with Crippen LogP contribution in [-0.2, 0) is 65.4 Å². The molecule has 19 heteroatoms. The molecule has 0 aliphatic carbocycles. The average Bonchev–Trinajstić information content (AvgIpc) is 3.58. The predicted molar refractivity (Wildman–Crippen MR) is 354 cm³/mol. The zero-order chi connectivity index (χ0) is 64.9. The highest BCUT2D eigenvalue weighted by Crippen LogP contribution is 2.45. The van der Waals surface area contributed by atoms with E-state index in [0.29, 0.717) is 25.7 Å². The zero-order valence-electron chi connectivity index (χ0n) is 56.9. The molecule has 0 amide bonds. The van der Waals surface area contributed by atoms with Crippen LogP contribution >= 0.6 is 15.6 Å². The van der Waals surface area contributed by atoms with Crippen molar-refractivity contribution in [1.29, 1.82) is 0 Å². The summed E-state index contributed by atoms with van der Waals surface area (Å²) in [6, 6.07) is 0. The number of carbonyl (C=O) groups excluding carboxylic acids is 4. The van der Waals surface area contributed by atoms with Gasteiger partial charge < -0.3 is 33.8 Å². The van der Waals surface area contributed by atoms with Crippen LogP contribution in [0.3, 0.4) is 0 Å². The molecule has 0 aliphatic heterocycles. The van der Waals surface area contributed by atoms with Crippen molar-refractivity contribution < 1.29 is 80.2 Å². The summed E-state index contributed by atoms with van der Waals surface area (Å²) in [6.45, 7) is 7.23. The Balaban J connectivity index is 5.20. The molecule has 0 rings (SSSR count). The Morgan fingerprint density at radius 1 is 0.318 bits per heavy atom. The summed E-state index contributed by atoms with van der Waals surface area (Å²) in [7, 11) is -9.89. The molecule has 3 unspecified atom stereocenters. The SMILES string of the molecule is CCCCCCCCCCCCCCCCCCCC(=O)O[C@H](COC(=O)CCCCCCCCCCCCC(C)CC)COP(=O)(O)OC[C@@H](O)COP(=O)(O)OC[C@@H](COC(=O)CCCCCCCCCC)OC(=O)CCCCCCCCCCC. The molecule has 0 spiro atoms. The Hall–Kier alpha value is -1.94. The molecule has 0 fully saturated rings. The third kappa shape index (κ3) is 61.6. The quantitative estimate of drug-likeness (QED) is 0.0222. The molecule has 522 valence electrons. The van der Waals surface area contributed by atoms with Gasteiger partial charge >= 0.3 is 39.5 Å². The largest absolute Gasteiger partial charge is 0.472 e. The van der Waals surface area contributed by atoms with E-state index in [1.807, 2.05) is 0 Å². The molecule has 0 saturated heterocycles. The molecule has 0 aromatic carbocycles. The number of aliphatic hydroxyl groups is 1. The van der Waals surface area contributed by atoms with Crippen LogP contribution in [0.1, 0.15) is 356 Å². The first-order valence-corrected chi connectivity index (χ1v) is 39.2. The minimum atomic E-state index is -4.95. The number of unbranched alkanes of at least 4 members (excludes halogenated alkanes) is 40. The molecule has 0 saturated carbocycles. The molecule has 0 radical (unpaired) electrons. The third-order valence-corrected chi connectivity index (χ3v) is 18.3. The lowest BCUT2D eigenvalue weighted by Gasteiger charge is -2.21. The fraction of sp³-hybridized carbons (Fsp3) is 0.942. The third-order valence-electron chi connectivity index (χ3n) is 16.4. The van der Waals surface area contributed by atoms with E-state index in [2.05, 4.69) is 34.6 Å². The van der Waals surface area contributed by atoms with Crippen molar-refractivity contribution in [2.75, 3.05) is 39.6 Å². The van der Waals surface area contributed by atoms with Crippen LogP contribution < -0.4 is 0 Å². The highest BCUT2D eigenvalue weighted by Gasteiger charge is 2.30. The molecule has 0 aromatic rings. The van der Waals surface area contributed by atoms with Gasteiger partial charge in [0.05, 0.1) is 26.4 Å². The van der Waals surface area contributed by atoms with Crippen molar-refractivity contribution in [1.82, 2.24) is 0 Å². The summed E-state index contributed by atoms with van der Waals surface area (Å²) in [6.07, 6.45) is 48.5. The van der Waals surface area contributed by atoms with Crippen LogP contribution in [0.25, 0.3) is 0 Å². The number of carbonyl (C=O) groups is 4. The topological polar surface area (TPSA) is 237 Å². The van der Waals surface area contributed by atoms with Crippen molar-refractivity contribution in [3.05, 3.63) is 0 Å². The molecule has 3 N–H and O–H groups in total. The van der Waals surface area contributed by atoms with Crippen molar-refractivity contribution in [3.8, 4) is 0 Å². The minimum absolute atomic E-state index is 0.106. The standard InChI is InChI=1S/C69H134O17P2/c1-6-10-13-16-19-22-23-24-25-26-27-28-29-35-40-45-50-55-69(74)86-65(59-80-67(72)53-48-43-38-34-31-30-33-36-41-46-51-62(5)9-4)61-84-88(77,78)82-57-63(70)56-81-87(75,76)83-60-64(58-79-66(71)52-47-42-37-21-18-15-12-8-3)85-68(73)54-49-44-39-32-20-17-14-11-7-2/h62-65,70H,6-61H2,1-5H3,(H,75,76)(H,77,78)/t62?,63-,64+,65+/m0/s1. The van der Waals surface area contributed by atoms with Gasteiger partial charge in [0, 0.05) is 25.7 Å². The van der Waals surface area contributed by atoms with Gasteiger partial charge in [-0.3, -0.25) is 37.3 Å². The van der Waals surface area contributed by atoms with E-state index in [0.717, 1.165) is 102 Å². The maximum atomic E-state index is 13.0. The Labute approximate surface area is 537 Å². The summed E-state index contributed by atoms with van der Waals surface area (Å²) in [4.78, 5) is 72.4. The lowest BCUT2D eigenvalue weighted by Crippen LogP contribution is -2.30. The first-order chi connectivity index (χ1) is 42.6. The van der Waals surface area contributed by atoms with E-state index in [1.54, 1.807) is 0 Å². The fourth-order valence-electron chi connectivity index (χ4n) is 10.4. The number of hydrogen-bond donors (Lipinski definition) is 3. The van der Waals surface area contributed by atoms with Gasteiger partial charge in [-0.25, -0.2) is 9.13 Å². The van der Waals surface area contributed by atoms with Gasteiger partial charge in [-0.1, -0.05) is 304 Å². The predicted octanol–water partition coefficient (Wildman–Crippen LogP) is 19.7. The Bertz CT molecular complexity index is 1710. The van der Waals surface area contributed by atoms with Crippen LogP contribution in [-0.4, -0.2) is 96.7 Å². The summed E-state index contributed by atoms with van der Waals surface area (Å²) >= 11 is 0. The summed E-state index contributed by atoms with van der Waals surface area (Å²) in [5.41, 5.74) is 0. The summed E-state index contributed by atoms with van der Waals surface area (Å²) in [5, 5.41) is 10.6. The molecule has 17 nitrogen and oxygen atoms in total. The minimum Gasteiger partial charge on any atom is -0.462 e. The van der Waals surface area contributed by atoms with Gasteiger partial charge in [0.25, 0.3) is 0 Å². The number of hydrogen-bond acceptors (Lipinski definition) is 15. The highest BCUT2D eigenvalue weighted by molar-refractivity contribution is 7.47. The van der Waals surface area contributed by atoms with Crippen LogP contribution in [0.15, 0.2) is 0 Å². The van der Waals surface area contributed by atoms with E-state index < -0.39 is 97.5 Å². The van der Waals surface area contributed by atoms with E-state index in [4.69, 9.17) is 37.0 Å². The molecule has 0 aromatic heterocycles. The van der Waals surface area contributed by atoms with E-state index in [1.165, 1.54) is 173 Å². The second-order valence-corrected chi connectivity index (χ2v) is 28.1.